The number of fused-ring (bicyclic) bond motifs is 1. The topological polar surface area (TPSA) is 128 Å². The molecule has 3 heterocycles. The van der Waals surface area contributed by atoms with Crippen LogP contribution >= 0.6 is 0 Å². The molecule has 0 radical (unpaired) electrons. The molecule has 43 heavy (non-hydrogen) atoms. The predicted octanol–water partition coefficient (Wildman–Crippen LogP) is 2.83. The molecule has 4 aromatic rings. The van der Waals surface area contributed by atoms with E-state index in [1.807, 2.05) is 36.4 Å². The van der Waals surface area contributed by atoms with Crippen molar-refractivity contribution >= 4 is 34.2 Å². The number of nitrogens with one attached hydrogen (secondary N) is 3. The van der Waals surface area contributed by atoms with E-state index in [0.29, 0.717) is 63.1 Å². The number of hydrogen-bond donors (Lipinski definition) is 3. The molecule has 1 aromatic heterocycles. The van der Waals surface area contributed by atoms with Crippen LogP contribution in [0.1, 0.15) is 40.0 Å². The molecule has 3 amide bonds. The zero-order valence-electron chi connectivity index (χ0n) is 23.4. The van der Waals surface area contributed by atoms with E-state index in [1.54, 1.807) is 29.2 Å². The summed E-state index contributed by atoms with van der Waals surface area (Å²) in [6.07, 6.45) is 1.13. The van der Waals surface area contributed by atoms with Crippen molar-refractivity contribution in [2.45, 2.75) is 31.8 Å². The number of carbonyl (C=O) groups excluding carboxylic acids is 3. The van der Waals surface area contributed by atoms with Gasteiger partial charge in [-0.25, -0.2) is 9.49 Å². The molecule has 3 aromatic carbocycles. The Hall–Kier alpha value is -4.90. The van der Waals surface area contributed by atoms with Gasteiger partial charge in [0.2, 0.25) is 11.8 Å². The number of rotatable bonds is 7. The molecule has 1 atom stereocenters. The Bertz CT molecular complexity index is 1750. The molecule has 0 spiro atoms. The Morgan fingerprint density at radius 3 is 2.40 bits per heavy atom. The van der Waals surface area contributed by atoms with Crippen molar-refractivity contribution < 1.29 is 18.8 Å². The van der Waals surface area contributed by atoms with Crippen LogP contribution < -0.4 is 16.2 Å². The summed E-state index contributed by atoms with van der Waals surface area (Å²) >= 11 is 0. The van der Waals surface area contributed by atoms with Gasteiger partial charge in [-0.05, 0) is 47.9 Å². The van der Waals surface area contributed by atoms with Crippen molar-refractivity contribution in [3.63, 3.8) is 0 Å². The molecule has 2 aliphatic rings. The van der Waals surface area contributed by atoms with E-state index in [9.17, 15) is 23.6 Å². The Kier molecular flexibility index (Phi) is 7.97. The third-order valence-electron chi connectivity index (χ3n) is 8.01. The third-order valence-corrected chi connectivity index (χ3v) is 8.01. The van der Waals surface area contributed by atoms with Gasteiger partial charge < -0.3 is 10.2 Å². The Morgan fingerprint density at radius 2 is 1.65 bits per heavy atom. The second-order valence-electron chi connectivity index (χ2n) is 10.9. The highest BCUT2D eigenvalue weighted by Gasteiger charge is 2.27. The molecule has 1 unspecified atom stereocenters. The number of H-pyrrole nitrogens is 1. The van der Waals surface area contributed by atoms with E-state index < -0.39 is 11.9 Å². The van der Waals surface area contributed by atoms with Gasteiger partial charge in [-0.2, -0.15) is 5.10 Å². The van der Waals surface area contributed by atoms with Crippen molar-refractivity contribution in [2.75, 3.05) is 31.5 Å². The maximum atomic E-state index is 14.8. The SMILES string of the molecule is O=C1CCC(Nc2ccc(CN3CCN(C(=O)c4cc(Cc5n[nH]c(=O)c6ccccc56)ccc4F)CC3)cc2)C(=O)N1. The van der Waals surface area contributed by atoms with Gasteiger partial charge in [0.25, 0.3) is 11.5 Å². The standard InChI is InChI=1S/C32H31FN6O4/c33-26-10-7-21(18-28-23-3-1-2-4-24(23)30(41)37-36-28)17-25(26)32(43)39-15-13-38(14-16-39)19-20-5-8-22(9-6-20)34-27-11-12-29(40)35-31(27)42/h1-10,17,27,34H,11-16,18-19H2,(H,37,41)(H,35,40,42). The summed E-state index contributed by atoms with van der Waals surface area (Å²) in [7, 11) is 0. The molecule has 2 saturated heterocycles. The molecular formula is C32H31FN6O4. The first-order valence-corrected chi connectivity index (χ1v) is 14.3. The molecule has 11 heteroatoms. The van der Waals surface area contributed by atoms with Gasteiger partial charge in [-0.1, -0.05) is 36.4 Å². The average Bonchev–Trinajstić information content (AvgIpc) is 3.02. The van der Waals surface area contributed by atoms with Crippen molar-refractivity contribution in [1.29, 1.82) is 0 Å². The van der Waals surface area contributed by atoms with Crippen LogP contribution in [0.5, 0.6) is 0 Å². The first-order valence-electron chi connectivity index (χ1n) is 14.3. The lowest BCUT2D eigenvalue weighted by Gasteiger charge is -2.35. The number of halogens is 1. The van der Waals surface area contributed by atoms with Gasteiger partial charge in [0.05, 0.1) is 16.6 Å². The maximum Gasteiger partial charge on any atom is 0.272 e. The fraction of sp³-hybridized carbons (Fsp3) is 0.281. The molecule has 2 aliphatic heterocycles. The lowest BCUT2D eigenvalue weighted by atomic mass is 10.0. The molecule has 10 nitrogen and oxygen atoms in total. The Morgan fingerprint density at radius 1 is 0.930 bits per heavy atom. The van der Waals surface area contributed by atoms with Crippen LogP contribution in [-0.2, 0) is 22.6 Å². The summed E-state index contributed by atoms with van der Waals surface area (Å²) < 4.78 is 14.8. The number of piperazine rings is 1. The van der Waals surface area contributed by atoms with Gasteiger partial charge in [0.1, 0.15) is 11.9 Å². The van der Waals surface area contributed by atoms with E-state index >= 15 is 0 Å². The van der Waals surface area contributed by atoms with E-state index in [-0.39, 0.29) is 28.8 Å². The molecule has 2 fully saturated rings. The van der Waals surface area contributed by atoms with Crippen molar-refractivity contribution in [1.82, 2.24) is 25.3 Å². The van der Waals surface area contributed by atoms with Gasteiger partial charge in [-0.3, -0.25) is 29.4 Å². The van der Waals surface area contributed by atoms with E-state index in [1.165, 1.54) is 6.07 Å². The number of aromatic nitrogens is 2. The van der Waals surface area contributed by atoms with Crippen LogP contribution in [-0.4, -0.2) is 69.9 Å². The summed E-state index contributed by atoms with van der Waals surface area (Å²) in [5, 5.41) is 13.5. The monoisotopic (exact) mass is 582 g/mol. The van der Waals surface area contributed by atoms with Crippen molar-refractivity contribution in [3.05, 3.63) is 105 Å². The quantitative estimate of drug-likeness (QED) is 0.286. The summed E-state index contributed by atoms with van der Waals surface area (Å²) in [5.74, 6) is -1.46. The number of benzene rings is 3. The van der Waals surface area contributed by atoms with Crippen LogP contribution in [0.15, 0.2) is 71.5 Å². The summed E-state index contributed by atoms with van der Waals surface area (Å²) in [5.41, 5.74) is 3.03. The molecule has 0 saturated carbocycles. The number of aromatic amines is 1. The first kappa shape index (κ1) is 28.2. The minimum atomic E-state index is -0.568. The Labute approximate surface area is 246 Å². The van der Waals surface area contributed by atoms with Gasteiger partial charge >= 0.3 is 0 Å². The molecule has 6 rings (SSSR count). The zero-order chi connectivity index (χ0) is 29.9. The summed E-state index contributed by atoms with van der Waals surface area (Å²) in [6, 6.07) is 19.1. The highest BCUT2D eigenvalue weighted by Crippen LogP contribution is 2.21. The fourth-order valence-electron chi connectivity index (χ4n) is 5.62. The molecule has 220 valence electrons. The second-order valence-corrected chi connectivity index (χ2v) is 10.9. The van der Waals surface area contributed by atoms with Crippen LogP contribution in [0.3, 0.4) is 0 Å². The number of carbonyl (C=O) groups is 3. The van der Waals surface area contributed by atoms with Crippen LogP contribution in [0, 0.1) is 5.82 Å². The highest BCUT2D eigenvalue weighted by molar-refractivity contribution is 6.01. The number of piperidine rings is 1. The first-order chi connectivity index (χ1) is 20.8. The zero-order valence-corrected chi connectivity index (χ0v) is 23.4. The second kappa shape index (κ2) is 12.1. The van der Waals surface area contributed by atoms with Crippen LogP contribution in [0.4, 0.5) is 10.1 Å². The van der Waals surface area contributed by atoms with Gasteiger partial charge in [-0.15, -0.1) is 0 Å². The lowest BCUT2D eigenvalue weighted by molar-refractivity contribution is -0.133. The minimum Gasteiger partial charge on any atom is -0.374 e. The van der Waals surface area contributed by atoms with Gasteiger partial charge in [0, 0.05) is 56.6 Å². The van der Waals surface area contributed by atoms with E-state index in [4.69, 9.17) is 0 Å². The number of hydrogen-bond acceptors (Lipinski definition) is 7. The van der Waals surface area contributed by atoms with Crippen molar-refractivity contribution in [2.24, 2.45) is 0 Å². The number of amides is 3. The number of imide groups is 1. The fourth-order valence-corrected chi connectivity index (χ4v) is 5.62. The molecule has 0 bridgehead atoms. The van der Waals surface area contributed by atoms with Gasteiger partial charge in [0.15, 0.2) is 0 Å². The molecule has 0 aliphatic carbocycles. The lowest BCUT2D eigenvalue weighted by Crippen LogP contribution is -2.48. The summed E-state index contributed by atoms with van der Waals surface area (Å²) in [6.45, 7) is 2.95. The number of anilines is 1. The minimum absolute atomic E-state index is 0.0267. The smallest absolute Gasteiger partial charge is 0.272 e. The normalized spacial score (nSPS) is 17.6. The highest BCUT2D eigenvalue weighted by atomic mass is 19.1. The van der Waals surface area contributed by atoms with E-state index in [0.717, 1.165) is 22.2 Å². The number of nitrogens with zero attached hydrogens (tertiary/aromatic N) is 3. The Balaban J connectivity index is 1.05. The van der Waals surface area contributed by atoms with Crippen molar-refractivity contribution in [3.8, 4) is 0 Å². The average molecular weight is 583 g/mol. The van der Waals surface area contributed by atoms with Crippen LogP contribution in [0.2, 0.25) is 0 Å². The summed E-state index contributed by atoms with van der Waals surface area (Å²) in [4.78, 5) is 52.7. The third kappa shape index (κ3) is 6.31. The maximum absolute atomic E-state index is 14.8. The molecular weight excluding hydrogens is 551 g/mol. The van der Waals surface area contributed by atoms with Crippen LogP contribution in [0.25, 0.3) is 10.8 Å². The van der Waals surface area contributed by atoms with E-state index in [2.05, 4.69) is 25.7 Å². The predicted molar refractivity (Wildman–Crippen MR) is 159 cm³/mol. The molecule has 3 N–H and O–H groups in total. The largest absolute Gasteiger partial charge is 0.374 e.